The van der Waals surface area contributed by atoms with E-state index in [1.54, 1.807) is 0 Å². The van der Waals surface area contributed by atoms with Gasteiger partial charge in [-0.15, -0.1) is 0 Å². The van der Waals surface area contributed by atoms with E-state index in [2.05, 4.69) is 19.7 Å². The van der Waals surface area contributed by atoms with Gasteiger partial charge in [0.05, 0.1) is 17.4 Å². The minimum absolute atomic E-state index is 0.0637. The number of nitrogens with zero attached hydrogens (tertiary/aromatic N) is 4. The number of sulfonamides is 1. The fraction of sp³-hybridized carbons (Fsp3) is 0.0455. The van der Waals surface area contributed by atoms with Gasteiger partial charge in [-0.25, -0.2) is 22.9 Å². The summed E-state index contributed by atoms with van der Waals surface area (Å²) in [5.41, 5.74) is 4.04. The zero-order valence-electron chi connectivity index (χ0n) is 16.5. The molecule has 0 fully saturated rings. The van der Waals surface area contributed by atoms with Crippen LogP contribution in [0.2, 0.25) is 0 Å². The lowest BCUT2D eigenvalue weighted by molar-refractivity contribution is 0.432. The highest BCUT2D eigenvalue weighted by atomic mass is 32.2. The van der Waals surface area contributed by atoms with Gasteiger partial charge in [0.2, 0.25) is 15.8 Å². The Bertz CT molecular complexity index is 1540. The van der Waals surface area contributed by atoms with Crippen molar-refractivity contribution in [3.8, 4) is 22.8 Å². The Morgan fingerprint density at radius 1 is 1.00 bits per heavy atom. The number of aromatic nitrogens is 4. The van der Waals surface area contributed by atoms with Gasteiger partial charge in [0.15, 0.2) is 0 Å². The van der Waals surface area contributed by atoms with Crippen LogP contribution in [0.1, 0.15) is 5.56 Å². The van der Waals surface area contributed by atoms with Crippen molar-refractivity contribution >= 4 is 21.1 Å². The quantitative estimate of drug-likeness (QED) is 0.438. The average Bonchev–Trinajstić information content (AvgIpc) is 3.41. The van der Waals surface area contributed by atoms with Crippen molar-refractivity contribution in [1.82, 2.24) is 19.7 Å². The molecule has 0 aliphatic rings. The number of fused-ring (bicyclic) bond motifs is 1. The van der Waals surface area contributed by atoms with Gasteiger partial charge in [-0.05, 0) is 35.9 Å². The number of hydrogen-bond acceptors (Lipinski definition) is 6. The van der Waals surface area contributed by atoms with Crippen LogP contribution in [0.3, 0.4) is 0 Å². The summed E-state index contributed by atoms with van der Waals surface area (Å²) in [5.74, 6) is -0.592. The van der Waals surface area contributed by atoms with E-state index in [9.17, 15) is 12.8 Å². The van der Waals surface area contributed by atoms with Crippen LogP contribution in [0.4, 0.5) is 4.39 Å². The van der Waals surface area contributed by atoms with Crippen LogP contribution in [0.15, 0.2) is 82.5 Å². The number of nitrogens with two attached hydrogens (primary N) is 1. The molecule has 2 aromatic heterocycles. The second-order valence-corrected chi connectivity index (χ2v) is 8.70. The fourth-order valence-corrected chi connectivity index (χ4v) is 4.00. The van der Waals surface area contributed by atoms with Crippen molar-refractivity contribution in [2.24, 2.45) is 5.14 Å². The predicted octanol–water partition coefficient (Wildman–Crippen LogP) is 3.59. The Balaban J connectivity index is 1.37. The van der Waals surface area contributed by atoms with Crippen LogP contribution in [0, 0.1) is 5.82 Å². The second kappa shape index (κ2) is 7.66. The summed E-state index contributed by atoms with van der Waals surface area (Å²) < 4.78 is 44.1. The van der Waals surface area contributed by atoms with Gasteiger partial charge in [-0.2, -0.15) is 4.98 Å². The van der Waals surface area contributed by atoms with E-state index in [1.807, 2.05) is 54.9 Å². The maximum Gasteiger partial charge on any atom is 0.258 e. The summed E-state index contributed by atoms with van der Waals surface area (Å²) in [6.45, 7) is 0.661. The first-order valence-corrected chi connectivity index (χ1v) is 11.1. The fourth-order valence-electron chi connectivity index (χ4n) is 3.41. The summed E-state index contributed by atoms with van der Waals surface area (Å²) >= 11 is 0. The first-order valence-electron chi connectivity index (χ1n) is 9.54. The van der Waals surface area contributed by atoms with Crippen LogP contribution in [-0.4, -0.2) is 28.1 Å². The minimum atomic E-state index is -4.15. The maximum absolute atomic E-state index is 14.1. The van der Waals surface area contributed by atoms with Crippen LogP contribution in [0.5, 0.6) is 0 Å². The van der Waals surface area contributed by atoms with Gasteiger partial charge in [-0.1, -0.05) is 41.6 Å². The molecule has 0 unspecified atom stereocenters. The monoisotopic (exact) mass is 449 g/mol. The second-order valence-electron chi connectivity index (χ2n) is 7.17. The van der Waals surface area contributed by atoms with Crippen LogP contribution >= 0.6 is 0 Å². The van der Waals surface area contributed by atoms with Gasteiger partial charge >= 0.3 is 0 Å². The zero-order chi connectivity index (χ0) is 22.3. The first kappa shape index (κ1) is 20.0. The molecule has 0 aliphatic carbocycles. The van der Waals surface area contributed by atoms with Gasteiger partial charge in [0.1, 0.15) is 10.7 Å². The van der Waals surface area contributed by atoms with E-state index in [1.165, 1.54) is 6.07 Å². The molecule has 0 aliphatic heterocycles. The van der Waals surface area contributed by atoms with Crippen LogP contribution in [-0.2, 0) is 16.6 Å². The summed E-state index contributed by atoms with van der Waals surface area (Å²) in [6.07, 6.45) is 1.81. The van der Waals surface area contributed by atoms with Gasteiger partial charge in [-0.3, -0.25) is 0 Å². The third-order valence-corrected chi connectivity index (χ3v) is 5.95. The van der Waals surface area contributed by atoms with E-state index in [-0.39, 0.29) is 11.5 Å². The topological polar surface area (TPSA) is 117 Å². The predicted molar refractivity (Wildman–Crippen MR) is 115 cm³/mol. The van der Waals surface area contributed by atoms with Gasteiger partial charge in [0.25, 0.3) is 5.89 Å². The molecule has 3 aromatic carbocycles. The average molecular weight is 449 g/mol. The van der Waals surface area contributed by atoms with Crippen molar-refractivity contribution in [1.29, 1.82) is 0 Å². The van der Waals surface area contributed by atoms with E-state index >= 15 is 0 Å². The molecule has 0 saturated heterocycles. The zero-order valence-corrected chi connectivity index (χ0v) is 17.3. The van der Waals surface area contributed by atoms with Gasteiger partial charge < -0.3 is 9.09 Å². The molecule has 0 saturated carbocycles. The number of para-hydroxylation sites is 2. The third-order valence-electron chi connectivity index (χ3n) is 5.00. The van der Waals surface area contributed by atoms with Crippen molar-refractivity contribution in [2.45, 2.75) is 11.4 Å². The number of benzene rings is 3. The van der Waals surface area contributed by atoms with Crippen molar-refractivity contribution in [3.05, 3.63) is 84.4 Å². The third kappa shape index (κ3) is 3.77. The Labute approximate surface area is 182 Å². The van der Waals surface area contributed by atoms with Crippen molar-refractivity contribution in [3.63, 3.8) is 0 Å². The standard InChI is InChI=1S/C22H16FN5O3S/c23-17-11-16(9-10-20(17)32(24,29)30)22-26-21(27-31-22)15-7-5-14(6-8-15)12-28-13-25-18-3-1-2-4-19(18)28/h1-11,13H,12H2,(H2,24,29,30). The number of imidazole rings is 1. The van der Waals surface area contributed by atoms with E-state index in [0.717, 1.165) is 34.3 Å². The lowest BCUT2D eigenvalue weighted by Gasteiger charge is -2.05. The molecule has 5 aromatic rings. The number of hydrogen-bond donors (Lipinski definition) is 1. The van der Waals surface area contributed by atoms with Gasteiger partial charge in [0, 0.05) is 17.7 Å². The normalized spacial score (nSPS) is 11.8. The van der Waals surface area contributed by atoms with E-state index in [4.69, 9.17) is 9.66 Å². The molecule has 0 bridgehead atoms. The molecule has 160 valence electrons. The van der Waals surface area contributed by atoms with E-state index in [0.29, 0.717) is 12.4 Å². The summed E-state index contributed by atoms with van der Waals surface area (Å²) in [7, 11) is -4.15. The largest absolute Gasteiger partial charge is 0.334 e. The maximum atomic E-state index is 14.1. The highest BCUT2D eigenvalue weighted by Gasteiger charge is 2.17. The lowest BCUT2D eigenvalue weighted by atomic mass is 10.1. The van der Waals surface area contributed by atoms with E-state index < -0.39 is 20.7 Å². The molecule has 8 nitrogen and oxygen atoms in total. The molecular weight excluding hydrogens is 433 g/mol. The van der Waals surface area contributed by atoms with Crippen molar-refractivity contribution < 1.29 is 17.3 Å². The molecule has 2 heterocycles. The van der Waals surface area contributed by atoms with Crippen molar-refractivity contribution in [2.75, 3.05) is 0 Å². The number of primary sulfonamides is 1. The molecule has 0 atom stereocenters. The smallest absolute Gasteiger partial charge is 0.258 e. The Morgan fingerprint density at radius 3 is 2.50 bits per heavy atom. The molecule has 5 rings (SSSR count). The van der Waals surface area contributed by atoms with Crippen LogP contribution in [0.25, 0.3) is 33.9 Å². The van der Waals surface area contributed by atoms with Crippen LogP contribution < -0.4 is 5.14 Å². The summed E-state index contributed by atoms with van der Waals surface area (Å²) in [5, 5.41) is 8.93. The lowest BCUT2D eigenvalue weighted by Crippen LogP contribution is -2.13. The molecular formula is C22H16FN5O3S. The Kier molecular flexibility index (Phi) is 4.80. The number of rotatable bonds is 5. The minimum Gasteiger partial charge on any atom is -0.334 e. The molecule has 32 heavy (non-hydrogen) atoms. The molecule has 0 amide bonds. The first-order chi connectivity index (χ1) is 15.4. The Hall–Kier alpha value is -3.89. The highest BCUT2D eigenvalue weighted by Crippen LogP contribution is 2.25. The number of halogens is 1. The molecule has 0 spiro atoms. The molecule has 0 radical (unpaired) electrons. The highest BCUT2D eigenvalue weighted by molar-refractivity contribution is 7.89. The Morgan fingerprint density at radius 2 is 1.75 bits per heavy atom. The molecule has 10 heteroatoms. The summed E-state index contributed by atoms with van der Waals surface area (Å²) in [4.78, 5) is 8.09. The molecule has 2 N–H and O–H groups in total. The summed E-state index contributed by atoms with van der Waals surface area (Å²) in [6, 6.07) is 19.0. The SMILES string of the molecule is NS(=O)(=O)c1ccc(-c2nc(-c3ccc(Cn4cnc5ccccc54)cc3)no2)cc1F.